The molecular weight excluding hydrogens is 486 g/mol. The van der Waals surface area contributed by atoms with E-state index in [0.717, 1.165) is 37.7 Å². The first-order valence-electron chi connectivity index (χ1n) is 9.74. The maximum Gasteiger partial charge on any atom is 0.191 e. The van der Waals surface area contributed by atoms with Gasteiger partial charge in [-0.3, -0.25) is 4.90 Å². The van der Waals surface area contributed by atoms with Crippen LogP contribution in [0.25, 0.3) is 0 Å². The van der Waals surface area contributed by atoms with Crippen molar-refractivity contribution in [3.8, 4) is 0 Å². The lowest BCUT2D eigenvalue weighted by Crippen LogP contribution is -2.44. The molecule has 1 atom stereocenters. The van der Waals surface area contributed by atoms with Gasteiger partial charge >= 0.3 is 0 Å². The van der Waals surface area contributed by atoms with Gasteiger partial charge in [-0.2, -0.15) is 0 Å². The van der Waals surface area contributed by atoms with Crippen molar-refractivity contribution in [2.45, 2.75) is 32.9 Å². The van der Waals surface area contributed by atoms with Crippen LogP contribution in [-0.4, -0.2) is 37.0 Å². The normalized spacial score (nSPS) is 17.8. The molecule has 1 fully saturated rings. The fraction of sp³-hybridized carbons (Fsp3) is 0.476. The van der Waals surface area contributed by atoms with E-state index in [9.17, 15) is 4.39 Å². The monoisotopic (exact) mass is 516 g/mol. The van der Waals surface area contributed by atoms with Gasteiger partial charge in [0.1, 0.15) is 5.82 Å². The first-order valence-corrected chi connectivity index (χ1v) is 10.6. The maximum atomic E-state index is 13.0. The third-order valence-electron chi connectivity index (χ3n) is 4.80. The van der Waals surface area contributed by atoms with Crippen molar-refractivity contribution in [1.82, 2.24) is 15.5 Å². The van der Waals surface area contributed by atoms with Crippen LogP contribution in [0.4, 0.5) is 4.39 Å². The number of aliphatic imine (C=N–C) groups is 1. The minimum atomic E-state index is -0.211. The van der Waals surface area contributed by atoms with Crippen LogP contribution in [0, 0.1) is 11.7 Å². The minimum absolute atomic E-state index is 0. The SMILES string of the molecule is CCNC(=NCc1ccc(F)cc1)NCC1CCCN(Cc2cccs2)C1.I. The van der Waals surface area contributed by atoms with E-state index < -0.39 is 0 Å². The van der Waals surface area contributed by atoms with Crippen LogP contribution in [0.5, 0.6) is 0 Å². The van der Waals surface area contributed by atoms with Crippen molar-refractivity contribution < 1.29 is 4.39 Å². The largest absolute Gasteiger partial charge is 0.357 e. The Morgan fingerprint density at radius 3 is 2.79 bits per heavy atom. The van der Waals surface area contributed by atoms with Gasteiger partial charge in [0.05, 0.1) is 6.54 Å². The predicted octanol–water partition coefficient (Wildman–Crippen LogP) is 4.47. The molecule has 3 rings (SSSR count). The zero-order valence-corrected chi connectivity index (χ0v) is 19.5. The number of benzene rings is 1. The van der Waals surface area contributed by atoms with Gasteiger partial charge in [0.25, 0.3) is 0 Å². The Bertz CT molecular complexity index is 706. The first kappa shape index (κ1) is 23.1. The molecule has 0 radical (unpaired) electrons. The lowest BCUT2D eigenvalue weighted by atomic mass is 9.98. The molecule has 1 saturated heterocycles. The Hall–Kier alpha value is -1.19. The fourth-order valence-corrected chi connectivity index (χ4v) is 4.17. The van der Waals surface area contributed by atoms with E-state index in [1.165, 1.54) is 36.4 Å². The highest BCUT2D eigenvalue weighted by Crippen LogP contribution is 2.20. The zero-order chi connectivity index (χ0) is 18.9. The molecule has 0 amide bonds. The molecule has 2 aromatic rings. The Balaban J connectivity index is 0.00000280. The summed E-state index contributed by atoms with van der Waals surface area (Å²) in [6, 6.07) is 10.9. The highest BCUT2D eigenvalue weighted by atomic mass is 127. The molecule has 4 nitrogen and oxygen atoms in total. The van der Waals surface area contributed by atoms with Crippen LogP contribution in [0.15, 0.2) is 46.8 Å². The molecule has 7 heteroatoms. The first-order chi connectivity index (χ1) is 13.2. The molecule has 2 heterocycles. The molecule has 154 valence electrons. The second-order valence-electron chi connectivity index (χ2n) is 7.03. The number of guanidine groups is 1. The summed E-state index contributed by atoms with van der Waals surface area (Å²) < 4.78 is 13.0. The Kier molecular flexibility index (Phi) is 10.2. The van der Waals surface area contributed by atoms with Crippen LogP contribution in [0.3, 0.4) is 0 Å². The van der Waals surface area contributed by atoms with Crippen molar-refractivity contribution in [2.24, 2.45) is 10.9 Å². The van der Waals surface area contributed by atoms with Crippen molar-refractivity contribution in [2.75, 3.05) is 26.2 Å². The van der Waals surface area contributed by atoms with E-state index in [4.69, 9.17) is 0 Å². The van der Waals surface area contributed by atoms with Gasteiger partial charge in [0, 0.05) is 31.1 Å². The van der Waals surface area contributed by atoms with E-state index >= 15 is 0 Å². The van der Waals surface area contributed by atoms with Gasteiger partial charge in [0.15, 0.2) is 5.96 Å². The van der Waals surface area contributed by atoms with Crippen LogP contribution in [0.2, 0.25) is 0 Å². The molecular formula is C21H30FIN4S. The molecule has 0 bridgehead atoms. The molecule has 1 aliphatic rings. The number of rotatable bonds is 7. The molecule has 0 aliphatic carbocycles. The van der Waals surface area contributed by atoms with Gasteiger partial charge < -0.3 is 10.6 Å². The third-order valence-corrected chi connectivity index (χ3v) is 5.66. The average molecular weight is 516 g/mol. The van der Waals surface area contributed by atoms with Gasteiger partial charge in [-0.25, -0.2) is 9.38 Å². The second-order valence-corrected chi connectivity index (χ2v) is 8.06. The number of nitrogens with zero attached hydrogens (tertiary/aromatic N) is 2. The average Bonchev–Trinajstić information content (AvgIpc) is 3.18. The summed E-state index contributed by atoms with van der Waals surface area (Å²) in [5, 5.41) is 8.95. The molecule has 2 N–H and O–H groups in total. The number of halogens is 2. The van der Waals surface area contributed by atoms with Crippen LogP contribution >= 0.6 is 35.3 Å². The second kappa shape index (κ2) is 12.4. The topological polar surface area (TPSA) is 39.7 Å². The molecule has 28 heavy (non-hydrogen) atoms. The number of thiophene rings is 1. The highest BCUT2D eigenvalue weighted by molar-refractivity contribution is 14.0. The summed E-state index contributed by atoms with van der Waals surface area (Å²) in [7, 11) is 0. The van der Waals surface area contributed by atoms with E-state index in [-0.39, 0.29) is 29.8 Å². The molecule has 1 aliphatic heterocycles. The maximum absolute atomic E-state index is 13.0. The Morgan fingerprint density at radius 2 is 2.07 bits per heavy atom. The molecule has 0 spiro atoms. The summed E-state index contributed by atoms with van der Waals surface area (Å²) >= 11 is 1.84. The van der Waals surface area contributed by atoms with Crippen LogP contribution in [0.1, 0.15) is 30.2 Å². The summed E-state index contributed by atoms with van der Waals surface area (Å²) in [5.41, 5.74) is 1.01. The smallest absolute Gasteiger partial charge is 0.191 e. The zero-order valence-electron chi connectivity index (χ0n) is 16.4. The molecule has 1 unspecified atom stereocenters. The lowest BCUT2D eigenvalue weighted by Gasteiger charge is -2.32. The van der Waals surface area contributed by atoms with Crippen LogP contribution < -0.4 is 10.6 Å². The summed E-state index contributed by atoms with van der Waals surface area (Å²) in [6.45, 7) is 7.74. The quantitative estimate of drug-likeness (QED) is 0.324. The van der Waals surface area contributed by atoms with Gasteiger partial charge in [-0.15, -0.1) is 35.3 Å². The number of hydrogen-bond donors (Lipinski definition) is 2. The third kappa shape index (κ3) is 7.67. The summed E-state index contributed by atoms with van der Waals surface area (Å²) in [6.07, 6.45) is 2.51. The van der Waals surface area contributed by atoms with Crippen molar-refractivity contribution >= 4 is 41.3 Å². The number of likely N-dealkylation sites (tertiary alicyclic amines) is 1. The molecule has 1 aromatic heterocycles. The van der Waals surface area contributed by atoms with Gasteiger partial charge in [0.2, 0.25) is 0 Å². The Morgan fingerprint density at radius 1 is 1.25 bits per heavy atom. The van der Waals surface area contributed by atoms with E-state index in [1.807, 2.05) is 11.3 Å². The Labute approximate surface area is 188 Å². The number of nitrogens with one attached hydrogen (secondary N) is 2. The lowest BCUT2D eigenvalue weighted by molar-refractivity contribution is 0.169. The van der Waals surface area contributed by atoms with E-state index in [1.54, 1.807) is 12.1 Å². The summed E-state index contributed by atoms with van der Waals surface area (Å²) in [4.78, 5) is 8.64. The van der Waals surface area contributed by atoms with Crippen molar-refractivity contribution in [3.05, 3.63) is 58.0 Å². The minimum Gasteiger partial charge on any atom is -0.357 e. The number of piperidine rings is 1. The highest BCUT2D eigenvalue weighted by Gasteiger charge is 2.20. The standard InChI is InChI=1S/C21H29FN4S.HI/c1-2-23-21(24-13-17-7-9-19(22)10-8-17)25-14-18-5-3-11-26(15-18)16-20-6-4-12-27-20;/h4,6-10,12,18H,2-3,5,11,13-16H2,1H3,(H2,23,24,25);1H. The van der Waals surface area contributed by atoms with Crippen LogP contribution in [-0.2, 0) is 13.1 Å². The van der Waals surface area contributed by atoms with Gasteiger partial charge in [-0.1, -0.05) is 18.2 Å². The van der Waals surface area contributed by atoms with Crippen molar-refractivity contribution in [1.29, 1.82) is 0 Å². The van der Waals surface area contributed by atoms with Gasteiger partial charge in [-0.05, 0) is 61.4 Å². The molecule has 1 aromatic carbocycles. The number of hydrogen-bond acceptors (Lipinski definition) is 3. The molecule has 0 saturated carbocycles. The fourth-order valence-electron chi connectivity index (χ4n) is 3.43. The van der Waals surface area contributed by atoms with E-state index in [0.29, 0.717) is 12.5 Å². The predicted molar refractivity (Wildman–Crippen MR) is 127 cm³/mol. The summed E-state index contributed by atoms with van der Waals surface area (Å²) in [5.74, 6) is 1.25. The van der Waals surface area contributed by atoms with Crippen molar-refractivity contribution in [3.63, 3.8) is 0 Å². The van der Waals surface area contributed by atoms with E-state index in [2.05, 4.69) is 45.0 Å².